The minimum atomic E-state index is -1.24. The van der Waals surface area contributed by atoms with Crippen molar-refractivity contribution in [3.05, 3.63) is 58.5 Å². The monoisotopic (exact) mass is 409 g/mol. The van der Waals surface area contributed by atoms with Crippen LogP contribution in [0.3, 0.4) is 0 Å². The number of hydrogen-bond acceptors (Lipinski definition) is 4. The Hall–Kier alpha value is -3.09. The molecule has 0 bridgehead atoms. The van der Waals surface area contributed by atoms with Crippen molar-refractivity contribution in [2.75, 3.05) is 13.6 Å². The van der Waals surface area contributed by atoms with Crippen LogP contribution in [0.15, 0.2) is 34.7 Å². The number of fused-ring (bicyclic) bond motifs is 1. The van der Waals surface area contributed by atoms with Crippen molar-refractivity contribution < 1.29 is 18.8 Å². The third kappa shape index (κ3) is 3.18. The average Bonchev–Trinajstić information content (AvgIpc) is 3.18. The van der Waals surface area contributed by atoms with E-state index in [1.807, 2.05) is 12.1 Å². The first-order valence-corrected chi connectivity index (χ1v) is 10.3. The number of benzene rings is 1. The van der Waals surface area contributed by atoms with Crippen LogP contribution in [0.2, 0.25) is 0 Å². The summed E-state index contributed by atoms with van der Waals surface area (Å²) in [5.41, 5.74) is 1.77. The van der Waals surface area contributed by atoms with E-state index in [-0.39, 0.29) is 18.5 Å². The van der Waals surface area contributed by atoms with E-state index in [0.717, 1.165) is 29.7 Å². The molecule has 7 nitrogen and oxygen atoms in total. The quantitative estimate of drug-likeness (QED) is 0.786. The summed E-state index contributed by atoms with van der Waals surface area (Å²) in [6.45, 7) is 4.91. The van der Waals surface area contributed by atoms with Crippen LogP contribution in [-0.2, 0) is 21.5 Å². The van der Waals surface area contributed by atoms with Gasteiger partial charge in [-0.3, -0.25) is 14.5 Å². The number of amides is 4. The molecule has 1 aromatic heterocycles. The Morgan fingerprint density at radius 3 is 2.73 bits per heavy atom. The van der Waals surface area contributed by atoms with Gasteiger partial charge in [0.05, 0.1) is 6.04 Å². The minimum Gasteiger partial charge on any atom is -0.466 e. The molecule has 0 radical (unpaired) electrons. The number of urea groups is 1. The number of rotatable bonds is 4. The average molecular weight is 409 g/mol. The molecule has 1 fully saturated rings. The molecule has 2 aromatic rings. The number of hydrogen-bond donors (Lipinski definition) is 1. The number of furan rings is 1. The number of imide groups is 1. The summed E-state index contributed by atoms with van der Waals surface area (Å²) in [4.78, 5) is 41.5. The fourth-order valence-electron chi connectivity index (χ4n) is 4.70. The fraction of sp³-hybridized carbons (Fsp3) is 0.435. The second-order valence-electron chi connectivity index (χ2n) is 8.38. The van der Waals surface area contributed by atoms with Gasteiger partial charge in [-0.1, -0.05) is 24.3 Å². The van der Waals surface area contributed by atoms with Crippen molar-refractivity contribution in [1.29, 1.82) is 0 Å². The molecule has 7 heteroatoms. The van der Waals surface area contributed by atoms with Gasteiger partial charge >= 0.3 is 6.03 Å². The summed E-state index contributed by atoms with van der Waals surface area (Å²) in [7, 11) is 1.75. The maximum atomic E-state index is 13.2. The van der Waals surface area contributed by atoms with Crippen molar-refractivity contribution in [1.82, 2.24) is 15.1 Å². The van der Waals surface area contributed by atoms with E-state index in [1.54, 1.807) is 38.8 Å². The highest BCUT2D eigenvalue weighted by atomic mass is 16.3. The van der Waals surface area contributed by atoms with E-state index in [0.29, 0.717) is 17.1 Å². The first-order chi connectivity index (χ1) is 14.2. The van der Waals surface area contributed by atoms with Gasteiger partial charge < -0.3 is 14.6 Å². The molecule has 30 heavy (non-hydrogen) atoms. The summed E-state index contributed by atoms with van der Waals surface area (Å²) in [6, 6.07) is 9.28. The third-order valence-corrected chi connectivity index (χ3v) is 6.35. The van der Waals surface area contributed by atoms with Crippen molar-refractivity contribution in [2.24, 2.45) is 0 Å². The van der Waals surface area contributed by atoms with Crippen molar-refractivity contribution in [2.45, 2.75) is 51.6 Å². The molecule has 0 spiro atoms. The van der Waals surface area contributed by atoms with Crippen LogP contribution < -0.4 is 5.32 Å². The minimum absolute atomic E-state index is 0.0478. The van der Waals surface area contributed by atoms with E-state index < -0.39 is 17.5 Å². The zero-order chi connectivity index (χ0) is 21.6. The summed E-state index contributed by atoms with van der Waals surface area (Å²) < 4.78 is 5.55. The summed E-state index contributed by atoms with van der Waals surface area (Å²) >= 11 is 0. The van der Waals surface area contributed by atoms with E-state index in [9.17, 15) is 14.4 Å². The Labute approximate surface area is 176 Å². The molecule has 4 rings (SSSR count). The van der Waals surface area contributed by atoms with Crippen LogP contribution in [0.5, 0.6) is 0 Å². The Morgan fingerprint density at radius 1 is 1.30 bits per heavy atom. The predicted molar refractivity (Wildman–Crippen MR) is 111 cm³/mol. The number of nitrogens with one attached hydrogen (secondary N) is 1. The number of carbonyl (C=O) groups is 3. The van der Waals surface area contributed by atoms with Gasteiger partial charge in [0, 0.05) is 12.6 Å². The van der Waals surface area contributed by atoms with Gasteiger partial charge in [-0.2, -0.15) is 0 Å². The molecule has 0 saturated carbocycles. The Bertz CT molecular complexity index is 1030. The lowest BCUT2D eigenvalue weighted by Crippen LogP contribution is -2.44. The first-order valence-electron chi connectivity index (χ1n) is 10.3. The number of carbonyl (C=O) groups excluding carboxylic acids is 3. The summed E-state index contributed by atoms with van der Waals surface area (Å²) in [5.74, 6) is 0.537. The second kappa shape index (κ2) is 7.31. The molecule has 1 aliphatic carbocycles. The Kier molecular flexibility index (Phi) is 4.92. The molecule has 1 aliphatic heterocycles. The predicted octanol–water partition coefficient (Wildman–Crippen LogP) is 3.20. The van der Waals surface area contributed by atoms with E-state index in [4.69, 9.17) is 4.42 Å². The zero-order valence-corrected chi connectivity index (χ0v) is 17.8. The van der Waals surface area contributed by atoms with E-state index >= 15 is 0 Å². The topological polar surface area (TPSA) is 82.9 Å². The fourth-order valence-corrected chi connectivity index (χ4v) is 4.70. The molecule has 1 N–H and O–H groups in total. The Balaban J connectivity index is 1.53. The zero-order valence-electron chi connectivity index (χ0n) is 17.8. The van der Waals surface area contributed by atoms with Crippen LogP contribution >= 0.6 is 0 Å². The molecular formula is C23H27N3O4. The summed E-state index contributed by atoms with van der Waals surface area (Å²) in [6.07, 6.45) is 2.87. The molecule has 1 aromatic carbocycles. The lowest BCUT2D eigenvalue weighted by molar-refractivity contribution is -0.139. The van der Waals surface area contributed by atoms with Crippen LogP contribution in [0.25, 0.3) is 0 Å². The van der Waals surface area contributed by atoms with Gasteiger partial charge in [-0.25, -0.2) is 4.79 Å². The lowest BCUT2D eigenvalue weighted by atomic mass is 9.87. The maximum absolute atomic E-state index is 13.2. The van der Waals surface area contributed by atoms with E-state index in [1.165, 1.54) is 5.56 Å². The third-order valence-electron chi connectivity index (χ3n) is 6.35. The van der Waals surface area contributed by atoms with Crippen LogP contribution in [0.4, 0.5) is 4.79 Å². The molecule has 158 valence electrons. The lowest BCUT2D eigenvalue weighted by Gasteiger charge is -2.34. The summed E-state index contributed by atoms with van der Waals surface area (Å²) in [5, 5.41) is 2.75. The molecular weight excluding hydrogens is 382 g/mol. The number of aryl methyl sites for hydroxylation is 3. The molecule has 2 unspecified atom stereocenters. The van der Waals surface area contributed by atoms with E-state index in [2.05, 4.69) is 17.4 Å². The smallest absolute Gasteiger partial charge is 0.325 e. The highest BCUT2D eigenvalue weighted by Crippen LogP contribution is 2.35. The van der Waals surface area contributed by atoms with Crippen LogP contribution in [-0.4, -0.2) is 41.2 Å². The van der Waals surface area contributed by atoms with Gasteiger partial charge in [-0.05, 0) is 57.2 Å². The number of nitrogens with zero attached hydrogens (tertiary/aromatic N) is 2. The van der Waals surface area contributed by atoms with Crippen LogP contribution in [0, 0.1) is 13.8 Å². The normalized spacial score (nSPS) is 23.3. The van der Waals surface area contributed by atoms with Crippen molar-refractivity contribution in [3.8, 4) is 0 Å². The van der Waals surface area contributed by atoms with Crippen molar-refractivity contribution in [3.63, 3.8) is 0 Å². The maximum Gasteiger partial charge on any atom is 0.325 e. The molecule has 4 amide bonds. The van der Waals surface area contributed by atoms with Gasteiger partial charge in [0.15, 0.2) is 0 Å². The Morgan fingerprint density at radius 2 is 2.03 bits per heavy atom. The molecule has 2 heterocycles. The second-order valence-corrected chi connectivity index (χ2v) is 8.38. The SMILES string of the molecule is Cc1cc(C2(C)NC(=O)N(CC(=O)N(C)C3CCCc4ccccc43)C2=O)c(C)o1. The highest BCUT2D eigenvalue weighted by molar-refractivity contribution is 6.09. The molecule has 1 saturated heterocycles. The molecule has 2 atom stereocenters. The van der Waals surface area contributed by atoms with Gasteiger partial charge in [0.25, 0.3) is 5.91 Å². The highest BCUT2D eigenvalue weighted by Gasteiger charge is 2.51. The van der Waals surface area contributed by atoms with Gasteiger partial charge in [0.1, 0.15) is 23.6 Å². The van der Waals surface area contributed by atoms with Crippen molar-refractivity contribution >= 4 is 17.8 Å². The largest absolute Gasteiger partial charge is 0.466 e. The van der Waals surface area contributed by atoms with Crippen LogP contribution in [0.1, 0.15) is 54.0 Å². The van der Waals surface area contributed by atoms with Gasteiger partial charge in [0.2, 0.25) is 5.91 Å². The first kappa shape index (κ1) is 20.2. The molecule has 2 aliphatic rings. The standard InChI is InChI=1S/C23H27N3O4/c1-14-12-18(15(2)30-14)23(3)21(28)26(22(29)24-23)13-20(27)25(4)19-11-7-9-16-8-5-6-10-17(16)19/h5-6,8,10,12,19H,7,9,11,13H2,1-4H3,(H,24,29). The van der Waals surface area contributed by atoms with Gasteiger partial charge in [-0.15, -0.1) is 0 Å². The number of likely N-dealkylation sites (N-methyl/N-ethyl adjacent to an activating group) is 1.